The molecule has 0 bridgehead atoms. The van der Waals surface area contributed by atoms with Crippen LogP contribution in [0.15, 0.2) is 89.1 Å². The number of hydrogen-bond acceptors (Lipinski definition) is 6. The van der Waals surface area contributed by atoms with Crippen LogP contribution >= 0.6 is 0 Å². The SMILES string of the molecule is Cc1ccc(-n2c(O)c(N=Nc3c(C(=O)O)cccc3-c3ccccc3O)c3ccc(OC(F)(F)C(F)F)cc32)cc1C. The van der Waals surface area contributed by atoms with Crippen molar-refractivity contribution in [1.82, 2.24) is 4.57 Å². The average Bonchev–Trinajstić information content (AvgIpc) is 3.23. The van der Waals surface area contributed by atoms with E-state index in [0.717, 1.165) is 23.3 Å². The van der Waals surface area contributed by atoms with E-state index in [0.29, 0.717) is 5.69 Å². The predicted octanol–water partition coefficient (Wildman–Crippen LogP) is 8.68. The van der Waals surface area contributed by atoms with Crippen molar-refractivity contribution < 1.29 is 42.4 Å². The normalized spacial score (nSPS) is 12.0. The Labute approximate surface area is 241 Å². The second-order valence-corrected chi connectivity index (χ2v) is 9.64. The average molecular weight is 594 g/mol. The molecule has 5 rings (SSSR count). The largest absolute Gasteiger partial charge is 0.507 e. The highest BCUT2D eigenvalue weighted by atomic mass is 19.3. The number of phenols is 1. The Morgan fingerprint density at radius 1 is 0.860 bits per heavy atom. The zero-order chi connectivity index (χ0) is 31.1. The second-order valence-electron chi connectivity index (χ2n) is 9.64. The number of alkyl halides is 4. The number of nitrogens with zero attached hydrogens (tertiary/aromatic N) is 3. The number of benzene rings is 4. The van der Waals surface area contributed by atoms with Gasteiger partial charge in [0.1, 0.15) is 17.2 Å². The van der Waals surface area contributed by atoms with E-state index in [4.69, 9.17) is 0 Å². The highest BCUT2D eigenvalue weighted by Gasteiger charge is 2.44. The minimum Gasteiger partial charge on any atom is -0.507 e. The molecule has 5 aromatic rings. The summed E-state index contributed by atoms with van der Waals surface area (Å²) in [6.45, 7) is 3.69. The van der Waals surface area contributed by atoms with Crippen LogP contribution in [0.3, 0.4) is 0 Å². The maximum atomic E-state index is 13.7. The number of rotatable bonds is 8. The van der Waals surface area contributed by atoms with E-state index in [-0.39, 0.29) is 44.7 Å². The molecule has 0 unspecified atom stereocenters. The lowest BCUT2D eigenvalue weighted by atomic mass is 9.99. The Morgan fingerprint density at radius 2 is 1.56 bits per heavy atom. The molecule has 220 valence electrons. The van der Waals surface area contributed by atoms with E-state index in [1.807, 2.05) is 13.8 Å². The fourth-order valence-electron chi connectivity index (χ4n) is 4.57. The quantitative estimate of drug-likeness (QED) is 0.123. The fraction of sp³-hybridized carbons (Fsp3) is 0.129. The van der Waals surface area contributed by atoms with Crippen molar-refractivity contribution in [2.75, 3.05) is 0 Å². The van der Waals surface area contributed by atoms with Gasteiger partial charge in [-0.2, -0.15) is 17.6 Å². The number of hydrogen-bond donors (Lipinski definition) is 3. The lowest BCUT2D eigenvalue weighted by Crippen LogP contribution is -2.33. The van der Waals surface area contributed by atoms with Gasteiger partial charge in [-0.3, -0.25) is 4.57 Å². The van der Waals surface area contributed by atoms with Gasteiger partial charge in [-0.15, -0.1) is 10.2 Å². The molecule has 0 atom stereocenters. The molecule has 0 spiro atoms. The first-order valence-electron chi connectivity index (χ1n) is 12.8. The molecule has 0 saturated carbocycles. The summed E-state index contributed by atoms with van der Waals surface area (Å²) in [5.41, 5.74) is 2.22. The predicted molar refractivity (Wildman–Crippen MR) is 151 cm³/mol. The molecular formula is C31H23F4N3O5. The number of aromatic hydroxyl groups is 2. The number of aromatic carboxylic acids is 1. The zero-order valence-electron chi connectivity index (χ0n) is 22.6. The summed E-state index contributed by atoms with van der Waals surface area (Å²) < 4.78 is 58.7. The smallest absolute Gasteiger partial charge is 0.461 e. The summed E-state index contributed by atoms with van der Waals surface area (Å²) in [6, 6.07) is 19.0. The van der Waals surface area contributed by atoms with E-state index in [1.165, 1.54) is 28.8 Å². The molecule has 0 saturated heterocycles. The van der Waals surface area contributed by atoms with Gasteiger partial charge in [0.25, 0.3) is 0 Å². The molecule has 0 fully saturated rings. The standard InChI is InChI=1S/C31H23F4N3O5/c1-16-10-11-18(14-17(16)2)38-24-15-19(43-31(34,35)30(32)33)12-13-22(24)27(28(38)40)37-36-26-21(7-5-8-23(26)29(41)42)20-6-3-4-9-25(20)39/h3-15,30,39-40H,1-2H3,(H,41,42). The number of aryl methyl sites for hydroxylation is 2. The first-order valence-corrected chi connectivity index (χ1v) is 12.8. The minimum atomic E-state index is -4.77. The van der Waals surface area contributed by atoms with E-state index in [1.54, 1.807) is 42.5 Å². The van der Waals surface area contributed by atoms with Gasteiger partial charge in [0, 0.05) is 28.3 Å². The van der Waals surface area contributed by atoms with Crippen LogP contribution in [-0.2, 0) is 0 Å². The summed E-state index contributed by atoms with van der Waals surface area (Å²) in [6.07, 6.45) is -8.85. The number of fused-ring (bicyclic) bond motifs is 1. The number of carboxylic acid groups (broad SMARTS) is 1. The number of carbonyl (C=O) groups is 1. The number of azo groups is 1. The minimum absolute atomic E-state index is 0.0738. The monoisotopic (exact) mass is 593 g/mol. The molecule has 0 aliphatic carbocycles. The van der Waals surface area contributed by atoms with Crippen molar-refractivity contribution >= 4 is 28.2 Å². The summed E-state index contributed by atoms with van der Waals surface area (Å²) in [4.78, 5) is 12.1. The Balaban J connectivity index is 1.73. The summed E-state index contributed by atoms with van der Waals surface area (Å²) in [5.74, 6) is -2.54. The molecule has 0 amide bonds. The topological polar surface area (TPSA) is 117 Å². The molecule has 8 nitrogen and oxygen atoms in total. The zero-order valence-corrected chi connectivity index (χ0v) is 22.6. The molecule has 1 aromatic heterocycles. The molecule has 4 aromatic carbocycles. The lowest BCUT2D eigenvalue weighted by molar-refractivity contribution is -0.253. The first-order chi connectivity index (χ1) is 20.4. The van der Waals surface area contributed by atoms with Gasteiger partial charge in [-0.05, 0) is 61.4 Å². The summed E-state index contributed by atoms with van der Waals surface area (Å²) in [7, 11) is 0. The van der Waals surface area contributed by atoms with Crippen LogP contribution in [0.25, 0.3) is 27.7 Å². The van der Waals surface area contributed by atoms with Crippen LogP contribution in [0.5, 0.6) is 17.4 Å². The molecule has 0 aliphatic heterocycles. The van der Waals surface area contributed by atoms with Crippen molar-refractivity contribution in [3.63, 3.8) is 0 Å². The van der Waals surface area contributed by atoms with Gasteiger partial charge in [0.2, 0.25) is 5.88 Å². The lowest BCUT2D eigenvalue weighted by Gasteiger charge is -2.17. The third kappa shape index (κ3) is 5.46. The van der Waals surface area contributed by atoms with Crippen LogP contribution in [0.1, 0.15) is 21.5 Å². The number of aromatic nitrogens is 1. The highest BCUT2D eigenvalue weighted by Crippen LogP contribution is 2.45. The van der Waals surface area contributed by atoms with Gasteiger partial charge < -0.3 is 20.1 Å². The van der Waals surface area contributed by atoms with E-state index in [9.17, 15) is 37.7 Å². The Kier molecular flexibility index (Phi) is 7.53. The molecule has 12 heteroatoms. The van der Waals surface area contributed by atoms with Crippen molar-refractivity contribution in [1.29, 1.82) is 0 Å². The van der Waals surface area contributed by atoms with E-state index in [2.05, 4.69) is 15.0 Å². The highest BCUT2D eigenvalue weighted by molar-refractivity contribution is 5.99. The number of para-hydroxylation sites is 1. The third-order valence-corrected chi connectivity index (χ3v) is 6.86. The Bertz CT molecular complexity index is 1900. The first kappa shape index (κ1) is 29.1. The van der Waals surface area contributed by atoms with Crippen LogP contribution < -0.4 is 4.74 Å². The third-order valence-electron chi connectivity index (χ3n) is 6.86. The number of phenolic OH excluding ortho intramolecular Hbond substituents is 1. The Morgan fingerprint density at radius 3 is 2.23 bits per heavy atom. The second kappa shape index (κ2) is 11.1. The van der Waals surface area contributed by atoms with Gasteiger partial charge in [-0.1, -0.05) is 36.4 Å². The van der Waals surface area contributed by atoms with Crippen LogP contribution in [0.2, 0.25) is 0 Å². The number of halogens is 4. The molecule has 43 heavy (non-hydrogen) atoms. The number of ether oxygens (including phenoxy) is 1. The maximum Gasteiger partial charge on any atom is 0.461 e. The molecule has 0 radical (unpaired) electrons. The molecular weight excluding hydrogens is 570 g/mol. The molecule has 1 heterocycles. The van der Waals surface area contributed by atoms with Crippen LogP contribution in [-0.4, -0.2) is 38.4 Å². The Hall–Kier alpha value is -5.39. The van der Waals surface area contributed by atoms with Gasteiger partial charge in [-0.25, -0.2) is 4.79 Å². The summed E-state index contributed by atoms with van der Waals surface area (Å²) >= 11 is 0. The number of carboxylic acids is 1. The maximum absolute atomic E-state index is 13.7. The van der Waals surface area contributed by atoms with Gasteiger partial charge in [0.05, 0.1) is 11.1 Å². The van der Waals surface area contributed by atoms with Crippen LogP contribution in [0, 0.1) is 13.8 Å². The molecule has 0 aliphatic rings. The van der Waals surface area contributed by atoms with Crippen molar-refractivity contribution in [3.8, 4) is 34.2 Å². The molecule has 3 N–H and O–H groups in total. The van der Waals surface area contributed by atoms with E-state index >= 15 is 0 Å². The summed E-state index contributed by atoms with van der Waals surface area (Å²) in [5, 5.41) is 40.2. The van der Waals surface area contributed by atoms with E-state index < -0.39 is 30.1 Å². The van der Waals surface area contributed by atoms with Gasteiger partial charge in [0.15, 0.2) is 5.69 Å². The fourth-order valence-corrected chi connectivity index (χ4v) is 4.57. The van der Waals surface area contributed by atoms with Crippen molar-refractivity contribution in [2.45, 2.75) is 26.4 Å². The van der Waals surface area contributed by atoms with Gasteiger partial charge >= 0.3 is 18.5 Å². The van der Waals surface area contributed by atoms with Crippen molar-refractivity contribution in [3.05, 3.63) is 95.6 Å². The van der Waals surface area contributed by atoms with Crippen molar-refractivity contribution in [2.24, 2.45) is 10.2 Å². The van der Waals surface area contributed by atoms with Crippen LogP contribution in [0.4, 0.5) is 28.9 Å².